The lowest BCUT2D eigenvalue weighted by molar-refractivity contribution is -0.128. The second-order valence-electron chi connectivity index (χ2n) is 6.02. The summed E-state index contributed by atoms with van der Waals surface area (Å²) in [5.74, 6) is -0.714. The van der Waals surface area contributed by atoms with Gasteiger partial charge in [0.05, 0.1) is 0 Å². The van der Waals surface area contributed by atoms with Crippen molar-refractivity contribution in [3.63, 3.8) is 0 Å². The topological polar surface area (TPSA) is 87.0 Å². The number of nitrogens with zero attached hydrogens (tertiary/aromatic N) is 3. The van der Waals surface area contributed by atoms with Gasteiger partial charge in [0.1, 0.15) is 6.04 Å². The third-order valence-electron chi connectivity index (χ3n) is 4.00. The fourth-order valence-corrected chi connectivity index (χ4v) is 2.86. The van der Waals surface area contributed by atoms with Crippen LogP contribution in [0.5, 0.6) is 0 Å². The fraction of sp³-hybridized carbons (Fsp3) is 0.667. The van der Waals surface area contributed by atoms with Gasteiger partial charge < -0.3 is 20.4 Å². The van der Waals surface area contributed by atoms with Gasteiger partial charge in [-0.3, -0.25) is 9.59 Å². The van der Waals surface area contributed by atoms with Crippen LogP contribution in [0.25, 0.3) is 0 Å². The number of nitrogens with two attached hydrogens (primary N) is 1. The maximum absolute atomic E-state index is 12.6. The Hall–Kier alpha value is -2.05. The molecule has 1 aliphatic heterocycles. The van der Waals surface area contributed by atoms with Gasteiger partial charge in [-0.2, -0.15) is 0 Å². The van der Waals surface area contributed by atoms with Crippen LogP contribution in [0.15, 0.2) is 12.7 Å². The maximum atomic E-state index is 12.6. The summed E-state index contributed by atoms with van der Waals surface area (Å²) in [7, 11) is 1.59. The van der Waals surface area contributed by atoms with Crippen LogP contribution in [0.2, 0.25) is 0 Å². The van der Waals surface area contributed by atoms with Crippen LogP contribution in [-0.4, -0.2) is 71.3 Å². The van der Waals surface area contributed by atoms with Crippen LogP contribution >= 0.6 is 0 Å². The van der Waals surface area contributed by atoms with Crippen LogP contribution in [-0.2, 0) is 9.59 Å². The summed E-state index contributed by atoms with van der Waals surface area (Å²) in [5, 5.41) is 0. The molecule has 0 unspecified atom stereocenters. The Balaban J connectivity index is 2.80. The Morgan fingerprint density at radius 1 is 1.32 bits per heavy atom. The smallest absolute Gasteiger partial charge is 0.320 e. The molecule has 0 aromatic heterocycles. The molecular formula is C15H26N4O3. The molecule has 2 N–H and O–H groups in total. The van der Waals surface area contributed by atoms with Gasteiger partial charge in [-0.15, -0.1) is 0 Å². The SMILES string of the molecule is C=CC(=O)N1CCN(C(=O)N(C)[C@H](C(N)=O)C(C)C)[C@@H](C)C1. The molecule has 1 aliphatic rings. The van der Waals surface area contributed by atoms with E-state index in [1.165, 1.54) is 11.0 Å². The van der Waals surface area contributed by atoms with E-state index in [9.17, 15) is 14.4 Å². The predicted octanol–water partition coefficient (Wildman–Crippen LogP) is 0.267. The molecule has 1 rings (SSSR count). The van der Waals surface area contributed by atoms with Crippen molar-refractivity contribution in [3.8, 4) is 0 Å². The number of amides is 4. The lowest BCUT2D eigenvalue weighted by Gasteiger charge is -2.42. The molecule has 22 heavy (non-hydrogen) atoms. The number of likely N-dealkylation sites (N-methyl/N-ethyl adjacent to an activating group) is 1. The molecular weight excluding hydrogens is 284 g/mol. The summed E-state index contributed by atoms with van der Waals surface area (Å²) in [6.07, 6.45) is 1.28. The van der Waals surface area contributed by atoms with E-state index in [1.54, 1.807) is 16.8 Å². The lowest BCUT2D eigenvalue weighted by atomic mass is 10.0. The van der Waals surface area contributed by atoms with Crippen LogP contribution < -0.4 is 5.73 Å². The largest absolute Gasteiger partial charge is 0.368 e. The maximum Gasteiger partial charge on any atom is 0.320 e. The quantitative estimate of drug-likeness (QED) is 0.756. The summed E-state index contributed by atoms with van der Waals surface area (Å²) >= 11 is 0. The molecule has 0 spiro atoms. The molecule has 7 nitrogen and oxygen atoms in total. The van der Waals surface area contributed by atoms with Crippen molar-refractivity contribution >= 4 is 17.8 Å². The summed E-state index contributed by atoms with van der Waals surface area (Å²) in [6, 6.07) is -1.02. The first-order valence-electron chi connectivity index (χ1n) is 7.44. The van der Waals surface area contributed by atoms with E-state index in [4.69, 9.17) is 5.73 Å². The molecule has 4 amide bonds. The summed E-state index contributed by atoms with van der Waals surface area (Å²) < 4.78 is 0. The number of hydrogen-bond acceptors (Lipinski definition) is 3. The molecule has 0 saturated carbocycles. The fourth-order valence-electron chi connectivity index (χ4n) is 2.86. The number of urea groups is 1. The zero-order valence-corrected chi connectivity index (χ0v) is 13.8. The van der Waals surface area contributed by atoms with Gasteiger partial charge in [0, 0.05) is 32.7 Å². The van der Waals surface area contributed by atoms with E-state index in [2.05, 4.69) is 6.58 Å². The number of carbonyl (C=O) groups is 3. The van der Waals surface area contributed by atoms with Crippen molar-refractivity contribution in [1.29, 1.82) is 0 Å². The number of piperazine rings is 1. The lowest BCUT2D eigenvalue weighted by Crippen LogP contribution is -2.60. The number of primary amides is 1. The Kier molecular flexibility index (Phi) is 5.96. The standard InChI is InChI=1S/C15H26N4O3/c1-6-12(20)18-7-8-19(11(4)9-18)15(22)17(5)13(10(2)3)14(16)21/h6,10-11,13H,1,7-9H2,2-5H3,(H2,16,21)/t11-,13-/m0/s1. The highest BCUT2D eigenvalue weighted by molar-refractivity contribution is 5.88. The molecule has 0 aromatic carbocycles. The van der Waals surface area contributed by atoms with Gasteiger partial charge in [0.25, 0.3) is 0 Å². The average Bonchev–Trinajstić information content (AvgIpc) is 2.44. The predicted molar refractivity (Wildman–Crippen MR) is 83.9 cm³/mol. The van der Waals surface area contributed by atoms with Crippen LogP contribution in [0.1, 0.15) is 20.8 Å². The molecule has 0 radical (unpaired) electrons. The number of hydrogen-bond donors (Lipinski definition) is 1. The zero-order chi connectivity index (χ0) is 17.0. The van der Waals surface area contributed by atoms with E-state index in [0.29, 0.717) is 19.6 Å². The van der Waals surface area contributed by atoms with Gasteiger partial charge in [-0.25, -0.2) is 4.79 Å². The number of rotatable bonds is 4. The second-order valence-corrected chi connectivity index (χ2v) is 6.02. The van der Waals surface area contributed by atoms with E-state index in [1.807, 2.05) is 20.8 Å². The summed E-state index contributed by atoms with van der Waals surface area (Å²) in [5.41, 5.74) is 5.41. The van der Waals surface area contributed by atoms with Crippen molar-refractivity contribution in [2.45, 2.75) is 32.9 Å². The Labute approximate surface area is 131 Å². The minimum Gasteiger partial charge on any atom is -0.368 e. The van der Waals surface area contributed by atoms with Crippen molar-refractivity contribution < 1.29 is 14.4 Å². The van der Waals surface area contributed by atoms with Gasteiger partial charge in [-0.05, 0) is 18.9 Å². The minimum absolute atomic E-state index is 0.0645. The molecule has 1 heterocycles. The number of carbonyl (C=O) groups excluding carboxylic acids is 3. The second kappa shape index (κ2) is 7.29. The Bertz CT molecular complexity index is 464. The van der Waals surface area contributed by atoms with E-state index in [0.717, 1.165) is 0 Å². The van der Waals surface area contributed by atoms with E-state index >= 15 is 0 Å². The molecule has 0 bridgehead atoms. The Morgan fingerprint density at radius 2 is 1.91 bits per heavy atom. The molecule has 1 fully saturated rings. The van der Waals surface area contributed by atoms with Crippen molar-refractivity contribution in [2.24, 2.45) is 11.7 Å². The van der Waals surface area contributed by atoms with Crippen molar-refractivity contribution in [1.82, 2.24) is 14.7 Å². The first-order chi connectivity index (χ1) is 10.2. The molecule has 2 atom stereocenters. The highest BCUT2D eigenvalue weighted by Crippen LogP contribution is 2.16. The monoisotopic (exact) mass is 310 g/mol. The highest BCUT2D eigenvalue weighted by Gasteiger charge is 2.35. The van der Waals surface area contributed by atoms with Crippen LogP contribution in [0.4, 0.5) is 4.79 Å². The van der Waals surface area contributed by atoms with E-state index < -0.39 is 11.9 Å². The van der Waals surface area contributed by atoms with Gasteiger partial charge in [-0.1, -0.05) is 20.4 Å². The first-order valence-corrected chi connectivity index (χ1v) is 7.44. The first kappa shape index (κ1) is 18.0. The van der Waals surface area contributed by atoms with Gasteiger partial charge >= 0.3 is 6.03 Å². The average molecular weight is 310 g/mol. The van der Waals surface area contributed by atoms with Crippen LogP contribution in [0.3, 0.4) is 0 Å². The minimum atomic E-state index is -0.646. The summed E-state index contributed by atoms with van der Waals surface area (Å²) in [6.45, 7) is 10.4. The zero-order valence-electron chi connectivity index (χ0n) is 13.8. The molecule has 7 heteroatoms. The van der Waals surface area contributed by atoms with Gasteiger partial charge in [0.15, 0.2) is 0 Å². The normalized spacial score (nSPS) is 19.8. The molecule has 1 saturated heterocycles. The molecule has 0 aliphatic carbocycles. The van der Waals surface area contributed by atoms with Crippen molar-refractivity contribution in [2.75, 3.05) is 26.7 Å². The molecule has 0 aromatic rings. The Morgan fingerprint density at radius 3 is 2.32 bits per heavy atom. The van der Waals surface area contributed by atoms with E-state index in [-0.39, 0.29) is 23.9 Å². The summed E-state index contributed by atoms with van der Waals surface area (Å²) in [4.78, 5) is 40.6. The highest BCUT2D eigenvalue weighted by atomic mass is 16.2. The van der Waals surface area contributed by atoms with Crippen molar-refractivity contribution in [3.05, 3.63) is 12.7 Å². The third-order valence-corrected chi connectivity index (χ3v) is 4.00. The molecule has 124 valence electrons. The van der Waals surface area contributed by atoms with Crippen LogP contribution in [0, 0.1) is 5.92 Å². The third kappa shape index (κ3) is 3.78. The van der Waals surface area contributed by atoms with Gasteiger partial charge in [0.2, 0.25) is 11.8 Å².